The molecular formula is C17H12N2O3. The maximum atomic E-state index is 12.5. The van der Waals surface area contributed by atoms with E-state index < -0.39 is 17.6 Å². The van der Waals surface area contributed by atoms with Gasteiger partial charge in [-0.3, -0.25) is 4.79 Å². The Hall–Kier alpha value is -3.31. The van der Waals surface area contributed by atoms with Gasteiger partial charge in [-0.2, -0.15) is 10.5 Å². The van der Waals surface area contributed by atoms with E-state index in [-0.39, 0.29) is 11.5 Å². The third-order valence-electron chi connectivity index (χ3n) is 3.28. The average Bonchev–Trinajstić information content (AvgIpc) is 2.52. The van der Waals surface area contributed by atoms with E-state index in [1.54, 1.807) is 0 Å². The number of phenols is 2. The van der Waals surface area contributed by atoms with Crippen molar-refractivity contribution in [2.45, 2.75) is 11.8 Å². The van der Waals surface area contributed by atoms with E-state index in [1.165, 1.54) is 48.5 Å². The Kier molecular flexibility index (Phi) is 4.41. The minimum Gasteiger partial charge on any atom is -0.508 e. The van der Waals surface area contributed by atoms with Gasteiger partial charge in [-0.1, -0.05) is 24.3 Å². The summed E-state index contributed by atoms with van der Waals surface area (Å²) < 4.78 is 0. The summed E-state index contributed by atoms with van der Waals surface area (Å²) in [6.45, 7) is 0. The van der Waals surface area contributed by atoms with Crippen LogP contribution >= 0.6 is 0 Å². The number of Topliss-reactive ketones (excluding diaryl/α,β-unsaturated/α-hetero) is 1. The SMILES string of the molecule is N#CC(C(=O)C(C#N)c1ccc(O)cc1)c1ccc(O)cc1. The smallest absolute Gasteiger partial charge is 0.175 e. The van der Waals surface area contributed by atoms with Crippen LogP contribution in [0.3, 0.4) is 0 Å². The largest absolute Gasteiger partial charge is 0.508 e. The lowest BCUT2D eigenvalue weighted by Gasteiger charge is -2.13. The molecule has 5 heteroatoms. The van der Waals surface area contributed by atoms with Crippen LogP contribution in [0.15, 0.2) is 48.5 Å². The van der Waals surface area contributed by atoms with Crippen molar-refractivity contribution in [1.29, 1.82) is 10.5 Å². The topological polar surface area (TPSA) is 105 Å². The molecule has 2 rings (SSSR count). The molecule has 108 valence electrons. The van der Waals surface area contributed by atoms with Crippen LogP contribution in [0.5, 0.6) is 11.5 Å². The summed E-state index contributed by atoms with van der Waals surface area (Å²) in [4.78, 5) is 12.5. The predicted molar refractivity (Wildman–Crippen MR) is 77.9 cm³/mol. The van der Waals surface area contributed by atoms with Crippen LogP contribution in [0.25, 0.3) is 0 Å². The normalized spacial score (nSPS) is 12.6. The molecule has 0 amide bonds. The predicted octanol–water partition coefficient (Wildman–Crippen LogP) is 2.58. The van der Waals surface area contributed by atoms with Gasteiger partial charge in [-0.25, -0.2) is 0 Å². The van der Waals surface area contributed by atoms with Crippen LogP contribution in [0, 0.1) is 22.7 Å². The lowest BCUT2D eigenvalue weighted by molar-refractivity contribution is -0.119. The highest BCUT2D eigenvalue weighted by Gasteiger charge is 2.29. The zero-order valence-corrected chi connectivity index (χ0v) is 11.5. The van der Waals surface area contributed by atoms with Crippen molar-refractivity contribution in [3.8, 4) is 23.6 Å². The maximum Gasteiger partial charge on any atom is 0.175 e. The number of hydrogen-bond acceptors (Lipinski definition) is 5. The molecule has 2 aromatic carbocycles. The van der Waals surface area contributed by atoms with Crippen molar-refractivity contribution in [2.75, 3.05) is 0 Å². The molecule has 0 fully saturated rings. The van der Waals surface area contributed by atoms with E-state index in [9.17, 15) is 25.5 Å². The van der Waals surface area contributed by atoms with E-state index >= 15 is 0 Å². The Labute approximate surface area is 127 Å². The zero-order valence-electron chi connectivity index (χ0n) is 11.5. The van der Waals surface area contributed by atoms with Gasteiger partial charge in [0, 0.05) is 0 Å². The molecule has 2 atom stereocenters. The number of rotatable bonds is 4. The number of nitriles is 2. The van der Waals surface area contributed by atoms with Crippen molar-refractivity contribution < 1.29 is 15.0 Å². The molecule has 22 heavy (non-hydrogen) atoms. The fourth-order valence-electron chi connectivity index (χ4n) is 2.11. The van der Waals surface area contributed by atoms with Crippen LogP contribution in [0.2, 0.25) is 0 Å². The molecule has 0 radical (unpaired) electrons. The summed E-state index contributed by atoms with van der Waals surface area (Å²) in [5, 5.41) is 37.1. The Morgan fingerprint density at radius 2 is 1.09 bits per heavy atom. The summed E-state index contributed by atoms with van der Waals surface area (Å²) >= 11 is 0. The van der Waals surface area contributed by atoms with Gasteiger partial charge in [0.1, 0.15) is 23.3 Å². The number of benzene rings is 2. The summed E-state index contributed by atoms with van der Waals surface area (Å²) in [5.74, 6) is -2.68. The molecule has 2 N–H and O–H groups in total. The van der Waals surface area contributed by atoms with Gasteiger partial charge in [-0.15, -0.1) is 0 Å². The van der Waals surface area contributed by atoms with Gasteiger partial charge < -0.3 is 10.2 Å². The maximum absolute atomic E-state index is 12.5. The molecule has 0 aromatic heterocycles. The van der Waals surface area contributed by atoms with Crippen LogP contribution < -0.4 is 0 Å². The summed E-state index contributed by atoms with van der Waals surface area (Å²) in [6.07, 6.45) is 0. The Morgan fingerprint density at radius 3 is 1.36 bits per heavy atom. The van der Waals surface area contributed by atoms with E-state index in [4.69, 9.17) is 0 Å². The standard InChI is InChI=1S/C17H12N2O3/c18-9-15(11-1-5-13(20)6-2-11)17(22)16(10-19)12-3-7-14(21)8-4-12/h1-8,15-16,20-21H. The van der Waals surface area contributed by atoms with E-state index in [0.717, 1.165) is 0 Å². The van der Waals surface area contributed by atoms with Crippen LogP contribution in [-0.2, 0) is 4.79 Å². The van der Waals surface area contributed by atoms with Gasteiger partial charge in [0.2, 0.25) is 0 Å². The second-order valence-electron chi connectivity index (χ2n) is 4.71. The Morgan fingerprint density at radius 1 is 0.773 bits per heavy atom. The fraction of sp³-hybridized carbons (Fsp3) is 0.118. The molecule has 0 heterocycles. The second kappa shape index (κ2) is 6.43. The van der Waals surface area contributed by atoms with Gasteiger partial charge in [0.15, 0.2) is 5.78 Å². The van der Waals surface area contributed by atoms with Crippen molar-refractivity contribution in [3.63, 3.8) is 0 Å². The first-order chi connectivity index (χ1) is 10.6. The van der Waals surface area contributed by atoms with Crippen LogP contribution in [-0.4, -0.2) is 16.0 Å². The van der Waals surface area contributed by atoms with E-state index in [2.05, 4.69) is 0 Å². The fourth-order valence-corrected chi connectivity index (χ4v) is 2.11. The number of phenolic OH excluding ortho intramolecular Hbond substituents is 2. The summed E-state index contributed by atoms with van der Waals surface area (Å²) in [5.41, 5.74) is 0.841. The zero-order chi connectivity index (χ0) is 16.1. The van der Waals surface area contributed by atoms with Crippen LogP contribution in [0.1, 0.15) is 23.0 Å². The van der Waals surface area contributed by atoms with Crippen molar-refractivity contribution >= 4 is 5.78 Å². The Balaban J connectivity index is 2.34. The first kappa shape index (κ1) is 15.1. The second-order valence-corrected chi connectivity index (χ2v) is 4.71. The molecule has 0 aliphatic rings. The van der Waals surface area contributed by atoms with Crippen LogP contribution in [0.4, 0.5) is 0 Å². The molecule has 0 aliphatic heterocycles. The number of carbonyl (C=O) groups excluding carboxylic acids is 1. The Bertz CT molecular complexity index is 687. The van der Waals surface area contributed by atoms with Gasteiger partial charge in [0.05, 0.1) is 12.1 Å². The van der Waals surface area contributed by atoms with E-state index in [1.807, 2.05) is 12.1 Å². The minimum atomic E-state index is -1.10. The number of hydrogen-bond donors (Lipinski definition) is 2. The lowest BCUT2D eigenvalue weighted by atomic mass is 9.85. The van der Waals surface area contributed by atoms with Gasteiger partial charge in [-0.05, 0) is 35.4 Å². The molecule has 0 spiro atoms. The monoisotopic (exact) mass is 292 g/mol. The first-order valence-corrected chi connectivity index (χ1v) is 6.47. The highest BCUT2D eigenvalue weighted by atomic mass is 16.3. The highest BCUT2D eigenvalue weighted by Crippen LogP contribution is 2.27. The number of nitrogens with zero attached hydrogens (tertiary/aromatic N) is 2. The molecule has 0 bridgehead atoms. The third kappa shape index (κ3) is 3.05. The van der Waals surface area contributed by atoms with Crippen molar-refractivity contribution in [1.82, 2.24) is 0 Å². The molecule has 5 nitrogen and oxygen atoms in total. The molecule has 0 saturated heterocycles. The van der Waals surface area contributed by atoms with Gasteiger partial charge in [0.25, 0.3) is 0 Å². The molecule has 2 aromatic rings. The highest BCUT2D eigenvalue weighted by molar-refractivity contribution is 5.96. The molecule has 0 aliphatic carbocycles. The average molecular weight is 292 g/mol. The van der Waals surface area contributed by atoms with Crippen molar-refractivity contribution in [2.24, 2.45) is 0 Å². The number of carbonyl (C=O) groups is 1. The van der Waals surface area contributed by atoms with E-state index in [0.29, 0.717) is 11.1 Å². The summed E-state index contributed by atoms with van der Waals surface area (Å²) in [7, 11) is 0. The third-order valence-corrected chi connectivity index (χ3v) is 3.28. The van der Waals surface area contributed by atoms with Crippen molar-refractivity contribution in [3.05, 3.63) is 59.7 Å². The molecule has 0 saturated carbocycles. The molecule has 2 unspecified atom stereocenters. The molecular weight excluding hydrogens is 280 g/mol. The lowest BCUT2D eigenvalue weighted by Crippen LogP contribution is -2.18. The number of ketones is 1. The number of aromatic hydroxyl groups is 2. The minimum absolute atomic E-state index is 0.0308. The quantitative estimate of drug-likeness (QED) is 0.901. The van der Waals surface area contributed by atoms with Gasteiger partial charge >= 0.3 is 0 Å². The summed E-state index contributed by atoms with van der Waals surface area (Å²) in [6, 6.07) is 15.3. The first-order valence-electron chi connectivity index (χ1n) is 6.47.